The molecule has 1 spiro atoms. The van der Waals surface area contributed by atoms with Crippen molar-refractivity contribution >= 4 is 28.0 Å². The molecule has 4 heteroatoms. The fraction of sp³-hybridized carbons (Fsp3) is 0.107. The van der Waals surface area contributed by atoms with Crippen LogP contribution in [-0.4, -0.2) is 11.7 Å². The summed E-state index contributed by atoms with van der Waals surface area (Å²) in [7, 11) is 0. The van der Waals surface area contributed by atoms with Gasteiger partial charge in [-0.2, -0.15) is 0 Å². The third-order valence-corrected chi connectivity index (χ3v) is 13.1. The molecule has 2 aliphatic heterocycles. The number of ether oxygens (including phenoxy) is 1. The number of benzene rings is 7. The quantitative estimate of drug-likeness (QED) is 0.189. The second-order valence-electron chi connectivity index (χ2n) is 16.3. The van der Waals surface area contributed by atoms with Crippen LogP contribution < -0.4 is 10.1 Å². The minimum absolute atomic E-state index is 0.165. The first kappa shape index (κ1) is 34.7. The van der Waals surface area contributed by atoms with Crippen LogP contribution in [0.2, 0.25) is 0 Å². The average Bonchev–Trinajstić information content (AvgIpc) is 3.62. The number of amidine groups is 2. The number of nitrogens with one attached hydrogen (secondary N) is 1. The average molecular weight is 772 g/mol. The van der Waals surface area contributed by atoms with E-state index in [1.165, 1.54) is 55.5 Å². The second kappa shape index (κ2) is 13.9. The van der Waals surface area contributed by atoms with Crippen molar-refractivity contribution in [3.63, 3.8) is 0 Å². The van der Waals surface area contributed by atoms with Gasteiger partial charge in [-0.1, -0.05) is 176 Å². The molecule has 0 fully saturated rings. The molecule has 0 saturated carbocycles. The Kier molecular flexibility index (Phi) is 8.06. The van der Waals surface area contributed by atoms with Gasteiger partial charge in [0.05, 0.1) is 5.41 Å². The monoisotopic (exact) mass is 771 g/mol. The van der Waals surface area contributed by atoms with E-state index in [-0.39, 0.29) is 12.1 Å². The number of aliphatic imine (C=N–C) groups is 2. The summed E-state index contributed by atoms with van der Waals surface area (Å²) in [6.07, 6.45) is 14.1. The molecule has 7 aromatic carbocycles. The van der Waals surface area contributed by atoms with E-state index in [0.717, 1.165) is 64.5 Å². The van der Waals surface area contributed by atoms with Crippen LogP contribution in [0.3, 0.4) is 0 Å². The van der Waals surface area contributed by atoms with E-state index in [2.05, 4.69) is 193 Å². The van der Waals surface area contributed by atoms with E-state index in [4.69, 9.17) is 14.7 Å². The van der Waals surface area contributed by atoms with Crippen molar-refractivity contribution in [3.05, 3.63) is 250 Å². The third-order valence-electron chi connectivity index (χ3n) is 13.1. The lowest BCUT2D eigenvalue weighted by Crippen LogP contribution is -2.36. The van der Waals surface area contributed by atoms with Crippen LogP contribution >= 0.6 is 0 Å². The van der Waals surface area contributed by atoms with Gasteiger partial charge in [0.25, 0.3) is 0 Å². The van der Waals surface area contributed by atoms with Gasteiger partial charge in [0.2, 0.25) is 0 Å². The Balaban J connectivity index is 0.916. The number of para-hydroxylation sites is 1. The molecule has 0 aromatic heterocycles. The minimum atomic E-state index is -0.435. The van der Waals surface area contributed by atoms with Crippen molar-refractivity contribution in [1.82, 2.24) is 5.32 Å². The maximum absolute atomic E-state index is 6.74. The van der Waals surface area contributed by atoms with Gasteiger partial charge in [-0.15, -0.1) is 0 Å². The fourth-order valence-electron chi connectivity index (χ4n) is 10.3. The number of rotatable bonds is 5. The number of hydrogen-bond donors (Lipinski definition) is 1. The molecule has 0 saturated heterocycles. The highest BCUT2D eigenvalue weighted by Crippen LogP contribution is 2.62. The Hall–Kier alpha value is -7.30. The molecule has 2 heterocycles. The standard InChI is InChI=1S/C56H41N3O/c1-3-15-37(16-4-1)41-32-33-46(43-20-8-7-19-42(41)43)55-58-53(38-17-5-2-6-18-38)57-54(59-55)39-29-27-36(28-30-39)40-31-34-52-50(35-40)56(49-25-13-14-26-51(49)60-52)47-23-11-9-21-44(47)45-22-10-12-24-48(45)56/h2-3,5-34,40,53H,1,4,35H2,(H,57,58,59). The molecule has 2 unspecified atom stereocenters. The van der Waals surface area contributed by atoms with Crippen LogP contribution in [0, 0.1) is 0 Å². The second-order valence-corrected chi connectivity index (χ2v) is 16.3. The minimum Gasteiger partial charge on any atom is -0.457 e. The van der Waals surface area contributed by atoms with Gasteiger partial charge in [0.1, 0.15) is 23.5 Å². The van der Waals surface area contributed by atoms with Gasteiger partial charge in [-0.05, 0) is 98.3 Å². The van der Waals surface area contributed by atoms with E-state index in [1.807, 2.05) is 6.07 Å². The van der Waals surface area contributed by atoms with Gasteiger partial charge < -0.3 is 10.1 Å². The predicted molar refractivity (Wildman–Crippen MR) is 244 cm³/mol. The zero-order chi connectivity index (χ0) is 39.6. The van der Waals surface area contributed by atoms with Crippen LogP contribution in [0.1, 0.15) is 75.9 Å². The molecule has 4 nitrogen and oxygen atoms in total. The largest absolute Gasteiger partial charge is 0.457 e. The normalized spacial score (nSPS) is 19.3. The molecule has 7 aromatic rings. The van der Waals surface area contributed by atoms with Gasteiger partial charge in [-0.3, -0.25) is 0 Å². The molecule has 3 aliphatic carbocycles. The van der Waals surface area contributed by atoms with E-state index >= 15 is 0 Å². The number of allylic oxidation sites excluding steroid dienone is 7. The van der Waals surface area contributed by atoms with Crippen molar-refractivity contribution in [2.45, 2.75) is 36.8 Å². The van der Waals surface area contributed by atoms with Gasteiger partial charge in [-0.25, -0.2) is 9.98 Å². The molecule has 12 rings (SSSR count). The van der Waals surface area contributed by atoms with Crippen LogP contribution in [0.15, 0.2) is 215 Å². The molecule has 286 valence electrons. The molecule has 0 amide bonds. The Morgan fingerprint density at radius 1 is 0.567 bits per heavy atom. The molecule has 2 atom stereocenters. The van der Waals surface area contributed by atoms with Crippen molar-refractivity contribution in [2.24, 2.45) is 9.98 Å². The molecule has 0 bridgehead atoms. The molecular weight excluding hydrogens is 731 g/mol. The topological polar surface area (TPSA) is 46.0 Å². The van der Waals surface area contributed by atoms with Crippen molar-refractivity contribution in [2.75, 3.05) is 0 Å². The predicted octanol–water partition coefficient (Wildman–Crippen LogP) is 12.8. The molecule has 0 radical (unpaired) electrons. The van der Waals surface area contributed by atoms with E-state index in [9.17, 15) is 0 Å². The van der Waals surface area contributed by atoms with Crippen LogP contribution in [0.5, 0.6) is 5.75 Å². The SMILES string of the molecule is C1=CC(c2ccc(C3=NC(c4ccccc4)NC(c4ccc(C5C=CC6=C(C5)C5(c7ccccc7O6)c6ccccc6-c6ccccc65)cc4)=N3)c3ccccc23)=CCC1. The highest BCUT2D eigenvalue weighted by Gasteiger charge is 2.52. The van der Waals surface area contributed by atoms with Crippen LogP contribution in [0.4, 0.5) is 0 Å². The Labute approximate surface area is 350 Å². The Morgan fingerprint density at radius 3 is 1.98 bits per heavy atom. The summed E-state index contributed by atoms with van der Waals surface area (Å²) < 4.78 is 6.74. The zero-order valence-corrected chi connectivity index (χ0v) is 33.1. The molecule has 1 N–H and O–H groups in total. The Bertz CT molecular complexity index is 3030. The lowest BCUT2D eigenvalue weighted by atomic mass is 9.62. The lowest BCUT2D eigenvalue weighted by molar-refractivity contribution is 0.385. The molecular formula is C56H41N3O. The van der Waals surface area contributed by atoms with Gasteiger partial charge in [0.15, 0.2) is 5.84 Å². The van der Waals surface area contributed by atoms with Crippen LogP contribution in [-0.2, 0) is 5.41 Å². The smallest absolute Gasteiger partial charge is 0.160 e. The van der Waals surface area contributed by atoms with Crippen LogP contribution in [0.25, 0.3) is 27.5 Å². The summed E-state index contributed by atoms with van der Waals surface area (Å²) in [4.78, 5) is 10.6. The highest BCUT2D eigenvalue weighted by atomic mass is 16.5. The summed E-state index contributed by atoms with van der Waals surface area (Å²) in [6.45, 7) is 0. The van der Waals surface area contributed by atoms with E-state index in [1.54, 1.807) is 0 Å². The summed E-state index contributed by atoms with van der Waals surface area (Å²) >= 11 is 0. The summed E-state index contributed by atoms with van der Waals surface area (Å²) in [5.74, 6) is 3.59. The maximum Gasteiger partial charge on any atom is 0.160 e. The highest BCUT2D eigenvalue weighted by molar-refractivity contribution is 6.18. The van der Waals surface area contributed by atoms with E-state index < -0.39 is 5.41 Å². The third kappa shape index (κ3) is 5.37. The number of hydrogen-bond acceptors (Lipinski definition) is 4. The first-order valence-corrected chi connectivity index (χ1v) is 21.1. The number of fused-ring (bicyclic) bond motifs is 9. The van der Waals surface area contributed by atoms with Gasteiger partial charge in [0, 0.05) is 22.6 Å². The molecule has 5 aliphatic rings. The summed E-state index contributed by atoms with van der Waals surface area (Å²) in [5.41, 5.74) is 14.3. The van der Waals surface area contributed by atoms with E-state index in [0.29, 0.717) is 0 Å². The van der Waals surface area contributed by atoms with Crippen molar-refractivity contribution in [1.29, 1.82) is 0 Å². The summed E-state index contributed by atoms with van der Waals surface area (Å²) in [5, 5.41) is 6.06. The lowest BCUT2D eigenvalue weighted by Gasteiger charge is -2.43. The Morgan fingerprint density at radius 2 is 1.23 bits per heavy atom. The maximum atomic E-state index is 6.74. The van der Waals surface area contributed by atoms with Crippen molar-refractivity contribution in [3.8, 4) is 16.9 Å². The molecule has 60 heavy (non-hydrogen) atoms. The fourth-order valence-corrected chi connectivity index (χ4v) is 10.3. The first-order chi connectivity index (χ1) is 29.7. The zero-order valence-electron chi connectivity index (χ0n) is 33.1. The van der Waals surface area contributed by atoms with Gasteiger partial charge >= 0.3 is 0 Å². The number of nitrogens with zero attached hydrogens (tertiary/aromatic N) is 2. The summed E-state index contributed by atoms with van der Waals surface area (Å²) in [6, 6.07) is 59.1. The van der Waals surface area contributed by atoms with Crippen molar-refractivity contribution < 1.29 is 4.74 Å². The first-order valence-electron chi connectivity index (χ1n) is 21.1.